The lowest BCUT2D eigenvalue weighted by atomic mass is 10.1. The number of carbonyl (C=O) groups is 1. The molecule has 0 radical (unpaired) electrons. The highest BCUT2D eigenvalue weighted by Gasteiger charge is 2.34. The Bertz CT molecular complexity index is 2080. The maximum absolute atomic E-state index is 14.2. The Morgan fingerprint density at radius 2 is 1.18 bits per heavy atom. The maximum atomic E-state index is 14.2. The molecule has 0 fully saturated rings. The van der Waals surface area contributed by atoms with Crippen LogP contribution < -0.4 is 20.5 Å². The Labute approximate surface area is 280 Å². The van der Waals surface area contributed by atoms with Crippen molar-refractivity contribution in [2.24, 2.45) is 5.73 Å². The van der Waals surface area contributed by atoms with E-state index in [1.165, 1.54) is 13.0 Å². The van der Waals surface area contributed by atoms with Gasteiger partial charge in [0.05, 0.1) is 24.1 Å². The van der Waals surface area contributed by atoms with Gasteiger partial charge in [-0.25, -0.2) is 38.8 Å². The molecule has 0 bridgehead atoms. The fourth-order valence-corrected chi connectivity index (χ4v) is 5.26. The third-order valence-corrected chi connectivity index (χ3v) is 7.61. The molecule has 5 N–H and O–H groups in total. The molecule has 2 atom stereocenters. The summed E-state index contributed by atoms with van der Waals surface area (Å²) in [7, 11) is -7.66. The van der Waals surface area contributed by atoms with Gasteiger partial charge in [-0.05, 0) is 79.6 Å². The van der Waals surface area contributed by atoms with Gasteiger partial charge in [0, 0.05) is 11.6 Å². The quantitative estimate of drug-likeness (QED) is 0.140. The number of nitrogens with two attached hydrogens (primary N) is 1. The minimum absolute atomic E-state index is 0.0393. The van der Waals surface area contributed by atoms with E-state index < -0.39 is 90.2 Å². The number of anilines is 2. The summed E-state index contributed by atoms with van der Waals surface area (Å²) >= 11 is 0. The normalized spacial score (nSPS) is 13.1. The number of hydrogen-bond donors (Lipinski definition) is 4. The Morgan fingerprint density at radius 3 is 1.60 bits per heavy atom. The van der Waals surface area contributed by atoms with E-state index in [0.29, 0.717) is 12.1 Å². The number of alkyl halides is 3. The molecular formula is C30H28F8N4O6S2. The zero-order chi connectivity index (χ0) is 37.9. The van der Waals surface area contributed by atoms with Crippen molar-refractivity contribution in [1.29, 1.82) is 0 Å². The van der Waals surface area contributed by atoms with Gasteiger partial charge in [-0.3, -0.25) is 14.2 Å². The Balaban J connectivity index is 0.000000354. The number of sulfonamides is 2. The molecule has 0 saturated heterocycles. The summed E-state index contributed by atoms with van der Waals surface area (Å²) in [5.74, 6) is -7.18. The molecule has 0 aliphatic heterocycles. The fourth-order valence-electron chi connectivity index (χ4n) is 4.13. The van der Waals surface area contributed by atoms with E-state index in [4.69, 9.17) is 10.2 Å². The van der Waals surface area contributed by atoms with Crippen LogP contribution in [0.5, 0.6) is 0 Å². The predicted octanol–water partition coefficient (Wildman–Crippen LogP) is 6.60. The number of benzene rings is 3. The standard InChI is InChI=1S/C21H16F6N2O4S.C9H12F2N2O2S/c1-10(12-8-15(23)19(16(24)9-12)29-34(2,31)32)28-20(30)18-6-5-17(33-18)11-3-4-14(22)13(7-11)21(25,26)27;1-5(12)6-3-7(10)9(8(11)4-6)13-16(2,14)15/h3-10,29H,1-2H3,(H,28,30);3-5,13H,12H2,1-2H3/t;5-/m.1/s1. The molecular weight excluding hydrogens is 728 g/mol. The molecule has 0 aliphatic carbocycles. The molecule has 0 aliphatic rings. The minimum atomic E-state index is -4.93. The Hall–Kier alpha value is -4.69. The minimum Gasteiger partial charge on any atom is -0.451 e. The van der Waals surface area contributed by atoms with Crippen molar-refractivity contribution in [3.05, 3.63) is 106 Å². The number of carbonyl (C=O) groups excluding carboxylic acids is 1. The van der Waals surface area contributed by atoms with Gasteiger partial charge in [-0.2, -0.15) is 13.2 Å². The molecule has 1 aromatic heterocycles. The zero-order valence-corrected chi connectivity index (χ0v) is 27.9. The lowest BCUT2D eigenvalue weighted by molar-refractivity contribution is -0.139. The van der Waals surface area contributed by atoms with Crippen LogP contribution in [0.1, 0.15) is 53.2 Å². The van der Waals surface area contributed by atoms with Crippen molar-refractivity contribution in [3.63, 3.8) is 0 Å². The van der Waals surface area contributed by atoms with Crippen molar-refractivity contribution < 1.29 is 61.2 Å². The first-order chi connectivity index (χ1) is 22.9. The van der Waals surface area contributed by atoms with Crippen molar-refractivity contribution in [1.82, 2.24) is 5.32 Å². The first-order valence-electron chi connectivity index (χ1n) is 13.8. The SMILES string of the molecule is CC(NC(=O)c1ccc(-c2ccc(F)c(C(F)(F)F)c2)o1)c1cc(F)c(NS(C)(=O)=O)c(F)c1.C[C@@H](N)c1cc(F)c(NS(C)(=O)=O)c(F)c1. The zero-order valence-electron chi connectivity index (χ0n) is 26.2. The van der Waals surface area contributed by atoms with Gasteiger partial charge in [0.15, 0.2) is 29.0 Å². The van der Waals surface area contributed by atoms with Crippen LogP contribution in [0.25, 0.3) is 11.3 Å². The van der Waals surface area contributed by atoms with Crippen LogP contribution in [0, 0.1) is 29.1 Å². The van der Waals surface area contributed by atoms with Gasteiger partial charge < -0.3 is 15.5 Å². The lowest BCUT2D eigenvalue weighted by Gasteiger charge is -2.15. The van der Waals surface area contributed by atoms with Gasteiger partial charge in [0.2, 0.25) is 20.0 Å². The van der Waals surface area contributed by atoms with Crippen LogP contribution in [-0.4, -0.2) is 35.3 Å². The summed E-state index contributed by atoms with van der Waals surface area (Å²) in [5, 5.41) is 2.40. The van der Waals surface area contributed by atoms with Gasteiger partial charge in [-0.15, -0.1) is 0 Å². The number of halogens is 8. The van der Waals surface area contributed by atoms with Gasteiger partial charge in [0.1, 0.15) is 23.0 Å². The summed E-state index contributed by atoms with van der Waals surface area (Å²) in [6.45, 7) is 2.95. The molecule has 1 amide bonds. The molecule has 20 heteroatoms. The van der Waals surface area contributed by atoms with E-state index in [-0.39, 0.29) is 28.2 Å². The second kappa shape index (κ2) is 15.1. The van der Waals surface area contributed by atoms with Gasteiger partial charge in [-0.1, -0.05) is 0 Å². The molecule has 272 valence electrons. The maximum Gasteiger partial charge on any atom is 0.419 e. The molecule has 4 aromatic rings. The number of nitrogens with one attached hydrogen (secondary N) is 3. The first kappa shape index (κ1) is 39.7. The highest BCUT2D eigenvalue weighted by atomic mass is 32.2. The average molecular weight is 757 g/mol. The van der Waals surface area contributed by atoms with E-state index in [2.05, 4.69) is 5.32 Å². The van der Waals surface area contributed by atoms with E-state index >= 15 is 0 Å². The van der Waals surface area contributed by atoms with Crippen LogP contribution >= 0.6 is 0 Å². The third-order valence-electron chi connectivity index (χ3n) is 6.46. The molecule has 0 saturated carbocycles. The van der Waals surface area contributed by atoms with E-state index in [0.717, 1.165) is 48.9 Å². The molecule has 0 spiro atoms. The monoisotopic (exact) mass is 756 g/mol. The molecule has 3 aromatic carbocycles. The van der Waals surface area contributed by atoms with Crippen molar-refractivity contribution in [2.75, 3.05) is 22.0 Å². The number of hydrogen-bond acceptors (Lipinski definition) is 7. The van der Waals surface area contributed by atoms with E-state index in [1.54, 1.807) is 16.4 Å². The van der Waals surface area contributed by atoms with Crippen molar-refractivity contribution in [2.45, 2.75) is 32.1 Å². The average Bonchev–Trinajstić information content (AvgIpc) is 3.46. The summed E-state index contributed by atoms with van der Waals surface area (Å²) < 4.78 is 160. The van der Waals surface area contributed by atoms with Crippen LogP contribution in [0.15, 0.2) is 59.0 Å². The highest BCUT2D eigenvalue weighted by Crippen LogP contribution is 2.35. The van der Waals surface area contributed by atoms with Crippen LogP contribution in [-0.2, 0) is 26.2 Å². The second-order valence-electron chi connectivity index (χ2n) is 10.8. The molecule has 1 unspecified atom stereocenters. The van der Waals surface area contributed by atoms with E-state index in [1.807, 2.05) is 0 Å². The first-order valence-corrected chi connectivity index (χ1v) is 17.6. The van der Waals surface area contributed by atoms with E-state index in [9.17, 15) is 56.8 Å². The second-order valence-corrected chi connectivity index (χ2v) is 14.3. The Kier molecular flexibility index (Phi) is 12.0. The largest absolute Gasteiger partial charge is 0.451 e. The third kappa shape index (κ3) is 10.7. The van der Waals surface area contributed by atoms with Crippen molar-refractivity contribution >= 4 is 37.3 Å². The number of amides is 1. The van der Waals surface area contributed by atoms with Gasteiger partial charge >= 0.3 is 6.18 Å². The fraction of sp³-hybridized carbons (Fsp3) is 0.233. The van der Waals surface area contributed by atoms with Gasteiger partial charge in [0.25, 0.3) is 5.91 Å². The lowest BCUT2D eigenvalue weighted by Crippen LogP contribution is -2.26. The van der Waals surface area contributed by atoms with Crippen LogP contribution in [0.2, 0.25) is 0 Å². The topological polar surface area (TPSA) is 161 Å². The number of furan rings is 1. The summed E-state index contributed by atoms with van der Waals surface area (Å²) in [4.78, 5) is 12.5. The van der Waals surface area contributed by atoms with Crippen LogP contribution in [0.3, 0.4) is 0 Å². The Morgan fingerprint density at radius 1 is 0.720 bits per heavy atom. The number of rotatable bonds is 9. The summed E-state index contributed by atoms with van der Waals surface area (Å²) in [6, 6.07) is 6.72. The highest BCUT2D eigenvalue weighted by molar-refractivity contribution is 7.92. The molecule has 4 rings (SSSR count). The smallest absolute Gasteiger partial charge is 0.419 e. The molecule has 50 heavy (non-hydrogen) atoms. The summed E-state index contributed by atoms with van der Waals surface area (Å²) in [6.07, 6.45) is -3.40. The van der Waals surface area contributed by atoms with Crippen molar-refractivity contribution in [3.8, 4) is 11.3 Å². The predicted molar refractivity (Wildman–Crippen MR) is 167 cm³/mol. The van der Waals surface area contributed by atoms with Crippen LogP contribution in [0.4, 0.5) is 46.5 Å². The molecule has 1 heterocycles. The molecule has 10 nitrogen and oxygen atoms in total. The summed E-state index contributed by atoms with van der Waals surface area (Å²) in [5.41, 5.74) is 2.48.